The minimum absolute atomic E-state index is 0.0258. The number of hydrogen-bond acceptors (Lipinski definition) is 7. The molecule has 2 aliphatic rings. The Balaban J connectivity index is 1.66. The van der Waals surface area contributed by atoms with Crippen LogP contribution in [0, 0.1) is 0 Å². The molecule has 0 radical (unpaired) electrons. The van der Waals surface area contributed by atoms with E-state index in [4.69, 9.17) is 14.2 Å². The maximum Gasteiger partial charge on any atom is 0.298 e. The smallest absolute Gasteiger partial charge is 0.298 e. The Morgan fingerprint density at radius 3 is 3.04 bits per heavy atom. The van der Waals surface area contributed by atoms with E-state index in [-0.39, 0.29) is 17.8 Å². The average molecular weight is 393 g/mol. The van der Waals surface area contributed by atoms with E-state index in [9.17, 15) is 4.79 Å². The van der Waals surface area contributed by atoms with Gasteiger partial charge in [0.2, 0.25) is 5.76 Å². The number of carbonyl (C=O) groups is 1. The van der Waals surface area contributed by atoms with Gasteiger partial charge in [-0.25, -0.2) is 4.98 Å². The van der Waals surface area contributed by atoms with Gasteiger partial charge in [0.05, 0.1) is 22.9 Å². The lowest BCUT2D eigenvalue weighted by atomic mass is 10.2. The number of nitrogens with zero attached hydrogens (tertiary/aromatic N) is 2. The van der Waals surface area contributed by atoms with Crippen LogP contribution < -0.4 is 4.90 Å². The maximum absolute atomic E-state index is 13.0. The summed E-state index contributed by atoms with van der Waals surface area (Å²) >= 11 is 3.20. The molecule has 0 aliphatic carbocycles. The molecule has 1 fully saturated rings. The minimum atomic E-state index is -0.232. The number of hydrogen-bond donors (Lipinski definition) is 0. The van der Waals surface area contributed by atoms with Gasteiger partial charge >= 0.3 is 0 Å². The van der Waals surface area contributed by atoms with E-state index in [0.29, 0.717) is 24.9 Å². The van der Waals surface area contributed by atoms with Gasteiger partial charge in [0.1, 0.15) is 19.5 Å². The van der Waals surface area contributed by atoms with Gasteiger partial charge in [-0.05, 0) is 37.3 Å². The number of rotatable bonds is 5. The van der Waals surface area contributed by atoms with Crippen molar-refractivity contribution in [2.75, 3.05) is 37.5 Å². The van der Waals surface area contributed by atoms with Gasteiger partial charge in [-0.3, -0.25) is 9.69 Å². The Kier molecular flexibility index (Phi) is 5.33. The number of thiazole rings is 1. The van der Waals surface area contributed by atoms with Crippen molar-refractivity contribution >= 4 is 44.4 Å². The molecule has 0 unspecified atom stereocenters. The quantitative estimate of drug-likeness (QED) is 0.727. The largest absolute Gasteiger partial charge is 0.494 e. The van der Waals surface area contributed by atoms with E-state index in [1.807, 2.05) is 18.4 Å². The number of aromatic nitrogens is 1. The van der Waals surface area contributed by atoms with Crippen LogP contribution in [-0.4, -0.2) is 49.6 Å². The normalized spacial score (nSPS) is 19.7. The molecule has 0 bridgehead atoms. The summed E-state index contributed by atoms with van der Waals surface area (Å²) in [6.45, 7) is 2.05. The first-order valence-corrected chi connectivity index (χ1v) is 10.6. The summed E-state index contributed by atoms with van der Waals surface area (Å²) < 4.78 is 17.6. The van der Waals surface area contributed by atoms with Crippen molar-refractivity contribution in [2.45, 2.75) is 23.8 Å². The maximum atomic E-state index is 13.0. The Bertz CT molecular complexity index is 830. The molecular weight excluding hydrogens is 372 g/mol. The molecule has 6 nitrogen and oxygen atoms in total. The van der Waals surface area contributed by atoms with Crippen LogP contribution >= 0.6 is 23.1 Å². The summed E-state index contributed by atoms with van der Waals surface area (Å²) in [5, 5.41) is 0.661. The molecule has 0 spiro atoms. The minimum Gasteiger partial charge on any atom is -0.494 e. The van der Waals surface area contributed by atoms with Gasteiger partial charge in [0.25, 0.3) is 5.91 Å². The van der Waals surface area contributed by atoms with E-state index in [0.717, 1.165) is 29.7 Å². The zero-order chi connectivity index (χ0) is 17.9. The Morgan fingerprint density at radius 1 is 1.38 bits per heavy atom. The summed E-state index contributed by atoms with van der Waals surface area (Å²) in [5.41, 5.74) is 0.891. The highest BCUT2D eigenvalue weighted by Crippen LogP contribution is 2.33. The number of thioether (sulfide) groups is 1. The predicted molar refractivity (Wildman–Crippen MR) is 103 cm³/mol. The SMILES string of the molecule is CSc1ccc2nc(N(C[C@H]3CCCO3)C(=O)C3=COCCO3)sc2c1. The third-order valence-electron chi connectivity index (χ3n) is 4.33. The van der Waals surface area contributed by atoms with Crippen molar-refractivity contribution in [1.29, 1.82) is 0 Å². The Labute approximate surface area is 160 Å². The second-order valence-electron chi connectivity index (χ2n) is 6.08. The Morgan fingerprint density at radius 2 is 2.31 bits per heavy atom. The highest BCUT2D eigenvalue weighted by atomic mass is 32.2. The van der Waals surface area contributed by atoms with Crippen LogP contribution in [-0.2, 0) is 19.0 Å². The number of fused-ring (bicyclic) bond motifs is 1. The molecule has 1 saturated heterocycles. The molecule has 3 heterocycles. The lowest BCUT2D eigenvalue weighted by Crippen LogP contribution is -2.39. The van der Waals surface area contributed by atoms with Crippen molar-refractivity contribution < 1.29 is 19.0 Å². The molecule has 0 saturated carbocycles. The van der Waals surface area contributed by atoms with Crippen LogP contribution in [0.15, 0.2) is 35.1 Å². The molecular formula is C18H20N2O4S2. The van der Waals surface area contributed by atoms with Crippen LogP contribution in [0.1, 0.15) is 12.8 Å². The van der Waals surface area contributed by atoms with Gasteiger partial charge in [-0.2, -0.15) is 0 Å². The fourth-order valence-corrected chi connectivity index (χ4v) is 4.52. The van der Waals surface area contributed by atoms with Crippen molar-refractivity contribution in [2.24, 2.45) is 0 Å². The summed E-state index contributed by atoms with van der Waals surface area (Å²) in [4.78, 5) is 20.6. The number of amides is 1. The first kappa shape index (κ1) is 17.6. The number of carbonyl (C=O) groups excluding carboxylic acids is 1. The second-order valence-corrected chi connectivity index (χ2v) is 7.97. The van der Waals surface area contributed by atoms with Crippen LogP contribution in [0.5, 0.6) is 0 Å². The van der Waals surface area contributed by atoms with E-state index in [1.54, 1.807) is 16.7 Å². The molecule has 1 amide bonds. The number of ether oxygens (including phenoxy) is 3. The standard InChI is InChI=1S/C18H20N2O4S2/c1-25-13-4-5-14-16(9-13)26-18(19-14)20(10-12-3-2-6-23-12)17(21)15-11-22-7-8-24-15/h4-5,9,11-12H,2-3,6-8,10H2,1H3/t12-/m1/s1. The van der Waals surface area contributed by atoms with Crippen LogP contribution in [0.25, 0.3) is 10.2 Å². The second kappa shape index (κ2) is 7.85. The lowest BCUT2D eigenvalue weighted by Gasteiger charge is -2.25. The fraction of sp³-hybridized carbons (Fsp3) is 0.444. The van der Waals surface area contributed by atoms with Crippen molar-refractivity contribution in [1.82, 2.24) is 4.98 Å². The lowest BCUT2D eigenvalue weighted by molar-refractivity contribution is -0.120. The molecule has 2 aliphatic heterocycles. The van der Waals surface area contributed by atoms with Crippen molar-refractivity contribution in [3.63, 3.8) is 0 Å². The summed E-state index contributed by atoms with van der Waals surface area (Å²) in [6.07, 6.45) is 5.43. The molecule has 4 rings (SSSR count). The van der Waals surface area contributed by atoms with Crippen LogP contribution in [0.2, 0.25) is 0 Å². The van der Waals surface area contributed by atoms with Crippen molar-refractivity contribution in [3.8, 4) is 0 Å². The molecule has 2 aromatic rings. The first-order chi connectivity index (χ1) is 12.7. The highest BCUT2D eigenvalue weighted by molar-refractivity contribution is 7.98. The summed E-state index contributed by atoms with van der Waals surface area (Å²) in [7, 11) is 0. The number of anilines is 1. The van der Waals surface area contributed by atoms with Crippen LogP contribution in [0.4, 0.5) is 5.13 Å². The van der Waals surface area contributed by atoms with Gasteiger partial charge in [-0.1, -0.05) is 11.3 Å². The molecule has 26 heavy (non-hydrogen) atoms. The van der Waals surface area contributed by atoms with E-state index in [1.165, 1.54) is 22.5 Å². The molecule has 1 atom stereocenters. The molecule has 0 N–H and O–H groups in total. The zero-order valence-electron chi connectivity index (χ0n) is 14.5. The van der Waals surface area contributed by atoms with Gasteiger partial charge < -0.3 is 14.2 Å². The van der Waals surface area contributed by atoms with E-state index >= 15 is 0 Å². The van der Waals surface area contributed by atoms with E-state index in [2.05, 4.69) is 11.1 Å². The fourth-order valence-electron chi connectivity index (χ4n) is 2.99. The molecule has 8 heteroatoms. The van der Waals surface area contributed by atoms with Crippen molar-refractivity contribution in [3.05, 3.63) is 30.2 Å². The van der Waals surface area contributed by atoms with E-state index < -0.39 is 0 Å². The topological polar surface area (TPSA) is 60.9 Å². The molecule has 1 aromatic heterocycles. The average Bonchev–Trinajstić information content (AvgIpc) is 3.34. The first-order valence-electron chi connectivity index (χ1n) is 8.57. The van der Waals surface area contributed by atoms with Crippen LogP contribution in [0.3, 0.4) is 0 Å². The number of benzene rings is 1. The third kappa shape index (κ3) is 3.67. The summed E-state index contributed by atoms with van der Waals surface area (Å²) in [5.74, 6) is -0.0114. The summed E-state index contributed by atoms with van der Waals surface area (Å²) in [6, 6.07) is 6.15. The van der Waals surface area contributed by atoms with Gasteiger partial charge in [-0.15, -0.1) is 11.8 Å². The molecule has 1 aromatic carbocycles. The van der Waals surface area contributed by atoms with Gasteiger partial charge in [0, 0.05) is 11.5 Å². The third-order valence-corrected chi connectivity index (χ3v) is 6.10. The zero-order valence-corrected chi connectivity index (χ0v) is 16.1. The molecule has 138 valence electrons. The Hall–Kier alpha value is -1.77. The predicted octanol–water partition coefficient (Wildman–Crippen LogP) is 3.42. The monoisotopic (exact) mass is 392 g/mol. The van der Waals surface area contributed by atoms with Gasteiger partial charge in [0.15, 0.2) is 5.13 Å². The highest BCUT2D eigenvalue weighted by Gasteiger charge is 2.30.